The molecule has 0 radical (unpaired) electrons. The highest BCUT2D eigenvalue weighted by Gasteiger charge is 2.76. The van der Waals surface area contributed by atoms with E-state index in [0.29, 0.717) is 30.0 Å². The van der Waals surface area contributed by atoms with E-state index in [1.54, 1.807) is 43.4 Å². The van der Waals surface area contributed by atoms with E-state index < -0.39 is 35.4 Å². The van der Waals surface area contributed by atoms with Gasteiger partial charge in [-0.1, -0.05) is 42.5 Å². The minimum absolute atomic E-state index is 0.211. The number of hydrogen-bond donors (Lipinski definition) is 2. The third kappa shape index (κ3) is 3.83. The standard InChI is InChI=1S/C32H35NO8/c1-37-21-14-12-20(13-15-21)32-26(19-9-6-5-7-10-19)28(29(34)33-16-8-11-25(33)40-4)31(36,30(32)35)27-23(39-3)17-22(38-2)18-24(27)41-32/h5-7,9-10,12-15,17-18,25-26,28,30,35-36H,8,11,16H2,1-4H3/t25-,26+,28-,30-,31-,32-/m0/s1. The van der Waals surface area contributed by atoms with Crippen molar-refractivity contribution in [3.8, 4) is 23.0 Å². The second-order valence-electron chi connectivity index (χ2n) is 10.8. The van der Waals surface area contributed by atoms with E-state index in [9.17, 15) is 15.0 Å². The van der Waals surface area contributed by atoms with Crippen molar-refractivity contribution in [3.05, 3.63) is 83.4 Å². The summed E-state index contributed by atoms with van der Waals surface area (Å²) in [6.07, 6.45) is -0.537. The molecule has 9 nitrogen and oxygen atoms in total. The van der Waals surface area contributed by atoms with Crippen LogP contribution in [0.2, 0.25) is 0 Å². The van der Waals surface area contributed by atoms with Crippen LogP contribution in [0.4, 0.5) is 0 Å². The first-order valence-corrected chi connectivity index (χ1v) is 13.7. The van der Waals surface area contributed by atoms with E-state index in [-0.39, 0.29) is 23.0 Å². The van der Waals surface area contributed by atoms with Gasteiger partial charge in [0.2, 0.25) is 5.91 Å². The molecular weight excluding hydrogens is 526 g/mol. The molecule has 2 fully saturated rings. The number of nitrogens with zero attached hydrogens (tertiary/aromatic N) is 1. The molecule has 2 aliphatic heterocycles. The Morgan fingerprint density at radius 1 is 0.951 bits per heavy atom. The molecule has 1 amide bonds. The predicted molar refractivity (Wildman–Crippen MR) is 149 cm³/mol. The van der Waals surface area contributed by atoms with Gasteiger partial charge in [0, 0.05) is 31.7 Å². The highest BCUT2D eigenvalue weighted by Crippen LogP contribution is 2.68. The molecule has 3 aliphatic rings. The number of carbonyl (C=O) groups excluding carboxylic acids is 1. The van der Waals surface area contributed by atoms with Crippen LogP contribution in [0.15, 0.2) is 66.7 Å². The molecule has 0 aromatic heterocycles. The number of rotatable bonds is 7. The summed E-state index contributed by atoms with van der Waals surface area (Å²) in [5, 5.41) is 25.4. The fraction of sp³-hybridized carbons (Fsp3) is 0.406. The van der Waals surface area contributed by atoms with Gasteiger partial charge in [-0.3, -0.25) is 4.79 Å². The first kappa shape index (κ1) is 27.4. The zero-order valence-electron chi connectivity index (χ0n) is 23.6. The summed E-state index contributed by atoms with van der Waals surface area (Å²) >= 11 is 0. The normalized spacial score (nSPS) is 30.0. The van der Waals surface area contributed by atoms with Crippen molar-refractivity contribution in [2.75, 3.05) is 35.0 Å². The second-order valence-corrected chi connectivity index (χ2v) is 10.8. The minimum atomic E-state index is -2.09. The number of carbonyl (C=O) groups is 1. The predicted octanol–water partition coefficient (Wildman–Crippen LogP) is 3.56. The molecule has 1 saturated heterocycles. The van der Waals surface area contributed by atoms with Gasteiger partial charge in [-0.15, -0.1) is 0 Å². The maximum atomic E-state index is 14.7. The van der Waals surface area contributed by atoms with Crippen LogP contribution in [-0.4, -0.2) is 68.3 Å². The number of benzene rings is 3. The first-order valence-electron chi connectivity index (χ1n) is 13.7. The van der Waals surface area contributed by atoms with Crippen molar-refractivity contribution in [2.24, 2.45) is 5.92 Å². The van der Waals surface area contributed by atoms with Crippen molar-refractivity contribution in [3.63, 3.8) is 0 Å². The fourth-order valence-electron chi connectivity index (χ4n) is 7.17. The molecular formula is C32H35NO8. The highest BCUT2D eigenvalue weighted by atomic mass is 16.5. The highest BCUT2D eigenvalue weighted by molar-refractivity contribution is 5.85. The zero-order chi connectivity index (χ0) is 28.9. The topological polar surface area (TPSA) is 107 Å². The maximum Gasteiger partial charge on any atom is 0.231 e. The molecule has 1 saturated carbocycles. The number of methoxy groups -OCH3 is 4. The summed E-state index contributed by atoms with van der Waals surface area (Å²) in [7, 11) is 6.15. The number of amides is 1. The minimum Gasteiger partial charge on any atom is -0.497 e. The SMILES string of the molecule is COc1ccc([C@]23Oc4cc(OC)cc(OC)c4[C@](O)([C@H](C(=O)N4CCC[C@@H]4OC)[C@H]2c2ccccc2)[C@@H]3O)cc1. The third-order valence-corrected chi connectivity index (χ3v) is 8.99. The Morgan fingerprint density at radius 2 is 1.66 bits per heavy atom. The fourth-order valence-corrected chi connectivity index (χ4v) is 7.17. The molecule has 0 spiro atoms. The monoisotopic (exact) mass is 561 g/mol. The van der Waals surface area contributed by atoms with E-state index in [2.05, 4.69) is 0 Å². The summed E-state index contributed by atoms with van der Waals surface area (Å²) in [4.78, 5) is 16.4. The summed E-state index contributed by atoms with van der Waals surface area (Å²) < 4.78 is 29.2. The van der Waals surface area contributed by atoms with Crippen LogP contribution >= 0.6 is 0 Å². The smallest absolute Gasteiger partial charge is 0.231 e. The summed E-state index contributed by atoms with van der Waals surface area (Å²) in [6, 6.07) is 19.9. The summed E-state index contributed by atoms with van der Waals surface area (Å²) in [5.74, 6) is -0.688. The first-order chi connectivity index (χ1) is 19.8. The summed E-state index contributed by atoms with van der Waals surface area (Å²) in [5.41, 5.74) is -2.12. The quantitative estimate of drug-likeness (QED) is 0.451. The molecule has 6 rings (SSSR count). The van der Waals surface area contributed by atoms with Gasteiger partial charge in [-0.2, -0.15) is 0 Å². The van der Waals surface area contributed by atoms with Crippen LogP contribution in [0.25, 0.3) is 0 Å². The van der Waals surface area contributed by atoms with Crippen LogP contribution in [0.3, 0.4) is 0 Å². The molecule has 9 heteroatoms. The molecule has 1 aliphatic carbocycles. The van der Waals surface area contributed by atoms with Crippen molar-refractivity contribution >= 4 is 5.91 Å². The van der Waals surface area contributed by atoms with Gasteiger partial charge in [0.1, 0.15) is 40.9 Å². The van der Waals surface area contributed by atoms with Crippen molar-refractivity contribution in [2.45, 2.75) is 42.3 Å². The average Bonchev–Trinajstić information content (AvgIpc) is 3.54. The van der Waals surface area contributed by atoms with E-state index in [1.165, 1.54) is 14.2 Å². The molecule has 2 N–H and O–H groups in total. The van der Waals surface area contributed by atoms with E-state index in [4.69, 9.17) is 23.7 Å². The molecule has 2 bridgehead atoms. The number of likely N-dealkylation sites (tertiary alicyclic amines) is 1. The Kier molecular flexibility index (Phi) is 6.84. The van der Waals surface area contributed by atoms with Gasteiger partial charge >= 0.3 is 0 Å². The Hall–Kier alpha value is -3.79. The van der Waals surface area contributed by atoms with Crippen molar-refractivity contribution in [1.29, 1.82) is 0 Å². The van der Waals surface area contributed by atoms with Gasteiger partial charge in [-0.25, -0.2) is 0 Å². The van der Waals surface area contributed by atoms with Crippen LogP contribution in [-0.2, 0) is 20.7 Å². The maximum absolute atomic E-state index is 14.7. The molecule has 2 heterocycles. The van der Waals surface area contributed by atoms with E-state index in [1.807, 2.05) is 42.5 Å². The molecule has 6 atom stereocenters. The number of hydrogen-bond acceptors (Lipinski definition) is 8. The van der Waals surface area contributed by atoms with Gasteiger partial charge < -0.3 is 38.8 Å². The summed E-state index contributed by atoms with van der Waals surface area (Å²) in [6.45, 7) is 0.477. The lowest BCUT2D eigenvalue weighted by molar-refractivity contribution is -0.171. The molecule has 3 aromatic carbocycles. The number of fused-ring (bicyclic) bond motifs is 4. The second kappa shape index (κ2) is 10.2. The van der Waals surface area contributed by atoms with Gasteiger partial charge in [0.05, 0.1) is 32.8 Å². The Morgan fingerprint density at radius 3 is 2.29 bits per heavy atom. The van der Waals surface area contributed by atoms with E-state index >= 15 is 0 Å². The molecule has 41 heavy (non-hydrogen) atoms. The Bertz CT molecular complexity index is 1430. The number of aliphatic hydroxyl groups is 2. The molecule has 3 aromatic rings. The third-order valence-electron chi connectivity index (χ3n) is 8.99. The largest absolute Gasteiger partial charge is 0.497 e. The van der Waals surface area contributed by atoms with Gasteiger partial charge in [0.25, 0.3) is 0 Å². The van der Waals surface area contributed by atoms with Gasteiger partial charge in [0.15, 0.2) is 5.60 Å². The van der Waals surface area contributed by atoms with Crippen LogP contribution < -0.4 is 18.9 Å². The number of ether oxygens (including phenoxy) is 5. The lowest BCUT2D eigenvalue weighted by Gasteiger charge is -2.45. The zero-order valence-corrected chi connectivity index (χ0v) is 23.6. The lowest BCUT2D eigenvalue weighted by Crippen LogP contribution is -2.55. The number of aliphatic hydroxyl groups excluding tert-OH is 1. The van der Waals surface area contributed by atoms with Crippen LogP contribution in [0.1, 0.15) is 35.4 Å². The average molecular weight is 562 g/mol. The Labute approximate surface area is 239 Å². The van der Waals surface area contributed by atoms with Crippen LogP contribution in [0, 0.1) is 5.92 Å². The Balaban J connectivity index is 1.68. The van der Waals surface area contributed by atoms with Crippen LogP contribution in [0.5, 0.6) is 23.0 Å². The molecule has 216 valence electrons. The molecule has 0 unspecified atom stereocenters. The van der Waals surface area contributed by atoms with Crippen molar-refractivity contribution < 1.29 is 38.7 Å². The van der Waals surface area contributed by atoms with Crippen molar-refractivity contribution in [1.82, 2.24) is 4.90 Å². The van der Waals surface area contributed by atoms with E-state index in [0.717, 1.165) is 12.0 Å². The van der Waals surface area contributed by atoms with Gasteiger partial charge in [-0.05, 0) is 36.1 Å². The lowest BCUT2D eigenvalue weighted by atomic mass is 9.75.